The van der Waals surface area contributed by atoms with Crippen molar-refractivity contribution in [2.24, 2.45) is 0 Å². The van der Waals surface area contributed by atoms with Crippen LogP contribution in [0.25, 0.3) is 67.3 Å². The molecule has 0 radical (unpaired) electrons. The van der Waals surface area contributed by atoms with Gasteiger partial charge in [0.2, 0.25) is 0 Å². The van der Waals surface area contributed by atoms with E-state index >= 15 is 0 Å². The Morgan fingerprint density at radius 2 is 0.691 bits per heavy atom. The van der Waals surface area contributed by atoms with E-state index in [0.29, 0.717) is 5.82 Å². The highest BCUT2D eigenvalue weighted by molar-refractivity contribution is 5.95. The summed E-state index contributed by atoms with van der Waals surface area (Å²) in [6.45, 7) is 0. The van der Waals surface area contributed by atoms with Crippen LogP contribution in [-0.2, 0) is 5.41 Å². The SMILES string of the molecule is c1ccc(-c2cc(-c3ccccc3)nc(-c3ccc(-c4cc5c(cc4-c4ccccc4)C(c4ccccc4)(c4ccccc4)c4ccccc4-5)cc3)n2)cc1. The highest BCUT2D eigenvalue weighted by Gasteiger charge is 2.46. The first-order chi connectivity index (χ1) is 27.3. The molecular formula is C53H36N2. The predicted octanol–water partition coefficient (Wildman–Crippen LogP) is 13.2. The van der Waals surface area contributed by atoms with Crippen LogP contribution in [0.2, 0.25) is 0 Å². The average molecular weight is 701 g/mol. The third kappa shape index (κ3) is 5.59. The maximum atomic E-state index is 5.10. The Labute approximate surface area is 322 Å². The fraction of sp³-hybridized carbons (Fsp3) is 0.0189. The van der Waals surface area contributed by atoms with Gasteiger partial charge in [-0.25, -0.2) is 9.97 Å². The second-order valence-electron chi connectivity index (χ2n) is 14.1. The molecule has 1 heterocycles. The van der Waals surface area contributed by atoms with Gasteiger partial charge < -0.3 is 0 Å². The van der Waals surface area contributed by atoms with Crippen LogP contribution < -0.4 is 0 Å². The number of hydrogen-bond donors (Lipinski definition) is 0. The van der Waals surface area contributed by atoms with Crippen LogP contribution in [0.1, 0.15) is 22.3 Å². The molecule has 2 nitrogen and oxygen atoms in total. The lowest BCUT2D eigenvalue weighted by molar-refractivity contribution is 0.769. The summed E-state index contributed by atoms with van der Waals surface area (Å²) in [4.78, 5) is 10.2. The lowest BCUT2D eigenvalue weighted by Gasteiger charge is -2.34. The number of hydrogen-bond acceptors (Lipinski definition) is 2. The summed E-state index contributed by atoms with van der Waals surface area (Å²) in [7, 11) is 0. The molecule has 0 bridgehead atoms. The molecule has 9 aromatic rings. The predicted molar refractivity (Wildman–Crippen MR) is 227 cm³/mol. The normalized spacial score (nSPS) is 12.5. The Balaban J connectivity index is 1.17. The Hall–Kier alpha value is -7.16. The van der Waals surface area contributed by atoms with E-state index in [1.165, 1.54) is 50.1 Å². The van der Waals surface area contributed by atoms with E-state index in [9.17, 15) is 0 Å². The van der Waals surface area contributed by atoms with E-state index < -0.39 is 5.41 Å². The van der Waals surface area contributed by atoms with E-state index in [0.717, 1.165) is 33.6 Å². The van der Waals surface area contributed by atoms with Crippen molar-refractivity contribution in [1.29, 1.82) is 0 Å². The topological polar surface area (TPSA) is 25.8 Å². The Morgan fingerprint density at radius 1 is 0.273 bits per heavy atom. The monoisotopic (exact) mass is 700 g/mol. The van der Waals surface area contributed by atoms with Gasteiger partial charge >= 0.3 is 0 Å². The van der Waals surface area contributed by atoms with Crippen molar-refractivity contribution in [2.45, 2.75) is 5.41 Å². The van der Waals surface area contributed by atoms with Crippen molar-refractivity contribution in [1.82, 2.24) is 9.97 Å². The van der Waals surface area contributed by atoms with Crippen LogP contribution in [0.5, 0.6) is 0 Å². The summed E-state index contributed by atoms with van der Waals surface area (Å²) in [5.41, 5.74) is 16.8. The molecule has 0 spiro atoms. The number of nitrogens with zero attached hydrogens (tertiary/aromatic N) is 2. The molecule has 1 aromatic heterocycles. The molecule has 0 amide bonds. The van der Waals surface area contributed by atoms with Gasteiger partial charge in [-0.15, -0.1) is 0 Å². The second-order valence-corrected chi connectivity index (χ2v) is 14.1. The van der Waals surface area contributed by atoms with E-state index in [1.54, 1.807) is 0 Å². The summed E-state index contributed by atoms with van der Waals surface area (Å²) in [6.07, 6.45) is 0. The highest BCUT2D eigenvalue weighted by Crippen LogP contribution is 2.58. The highest BCUT2D eigenvalue weighted by atomic mass is 14.9. The first kappa shape index (κ1) is 32.5. The molecule has 0 unspecified atom stereocenters. The molecule has 2 heteroatoms. The molecule has 0 N–H and O–H groups in total. The number of fused-ring (bicyclic) bond motifs is 3. The lowest BCUT2D eigenvalue weighted by atomic mass is 9.67. The van der Waals surface area contributed by atoms with Crippen molar-refractivity contribution >= 4 is 0 Å². The molecule has 0 fully saturated rings. The van der Waals surface area contributed by atoms with Crippen LogP contribution >= 0.6 is 0 Å². The zero-order valence-corrected chi connectivity index (χ0v) is 30.2. The van der Waals surface area contributed by atoms with E-state index in [2.05, 4.69) is 206 Å². The van der Waals surface area contributed by atoms with Crippen LogP contribution in [0.15, 0.2) is 218 Å². The summed E-state index contributed by atoms with van der Waals surface area (Å²) < 4.78 is 0. The van der Waals surface area contributed by atoms with Crippen LogP contribution in [0.3, 0.4) is 0 Å². The third-order valence-electron chi connectivity index (χ3n) is 11.0. The molecule has 55 heavy (non-hydrogen) atoms. The van der Waals surface area contributed by atoms with Gasteiger partial charge in [0.1, 0.15) is 0 Å². The van der Waals surface area contributed by atoms with Crippen LogP contribution in [-0.4, -0.2) is 9.97 Å². The Morgan fingerprint density at radius 3 is 1.24 bits per heavy atom. The van der Waals surface area contributed by atoms with Crippen molar-refractivity contribution in [3.63, 3.8) is 0 Å². The first-order valence-corrected chi connectivity index (χ1v) is 18.8. The number of aromatic nitrogens is 2. The lowest BCUT2D eigenvalue weighted by Crippen LogP contribution is -2.28. The average Bonchev–Trinajstić information content (AvgIpc) is 3.57. The van der Waals surface area contributed by atoms with Crippen molar-refractivity contribution < 1.29 is 0 Å². The largest absolute Gasteiger partial charge is 0.228 e. The van der Waals surface area contributed by atoms with Gasteiger partial charge in [-0.3, -0.25) is 0 Å². The van der Waals surface area contributed by atoms with Gasteiger partial charge in [0, 0.05) is 16.7 Å². The summed E-state index contributed by atoms with van der Waals surface area (Å²) in [5, 5.41) is 0. The van der Waals surface area contributed by atoms with Gasteiger partial charge in [-0.2, -0.15) is 0 Å². The molecule has 10 rings (SSSR count). The quantitative estimate of drug-likeness (QED) is 0.165. The van der Waals surface area contributed by atoms with Gasteiger partial charge in [0.05, 0.1) is 16.8 Å². The summed E-state index contributed by atoms with van der Waals surface area (Å²) >= 11 is 0. The summed E-state index contributed by atoms with van der Waals surface area (Å²) in [6, 6.07) is 78.2. The van der Waals surface area contributed by atoms with Gasteiger partial charge in [-0.05, 0) is 73.8 Å². The van der Waals surface area contributed by atoms with Crippen LogP contribution in [0, 0.1) is 0 Å². The molecule has 0 atom stereocenters. The zero-order chi connectivity index (χ0) is 36.6. The number of rotatable bonds is 7. The molecule has 1 aliphatic rings. The van der Waals surface area contributed by atoms with E-state index in [-0.39, 0.29) is 0 Å². The fourth-order valence-electron chi connectivity index (χ4n) is 8.47. The molecule has 8 aromatic carbocycles. The molecule has 0 saturated heterocycles. The molecular weight excluding hydrogens is 665 g/mol. The maximum Gasteiger partial charge on any atom is 0.160 e. The smallest absolute Gasteiger partial charge is 0.160 e. The van der Waals surface area contributed by atoms with E-state index in [4.69, 9.17) is 9.97 Å². The molecule has 0 aliphatic heterocycles. The standard InChI is InChI=1S/C53H36N2/c1-6-18-37(19-7-1)46-35-49-47(44-28-16-17-29-48(44)53(49,42-24-12-4-13-25-42)43-26-14-5-15-27-43)34-45(46)38-30-32-41(33-31-38)52-54-50(39-20-8-2-9-21-39)36-51(55-52)40-22-10-3-11-23-40/h1-36H. The van der Waals surface area contributed by atoms with Crippen molar-refractivity contribution in [2.75, 3.05) is 0 Å². The third-order valence-corrected chi connectivity index (χ3v) is 11.0. The van der Waals surface area contributed by atoms with Gasteiger partial charge in [0.15, 0.2) is 5.82 Å². The van der Waals surface area contributed by atoms with Crippen molar-refractivity contribution in [3.05, 3.63) is 241 Å². The minimum absolute atomic E-state index is 0.474. The van der Waals surface area contributed by atoms with Crippen molar-refractivity contribution in [3.8, 4) is 67.3 Å². The van der Waals surface area contributed by atoms with Gasteiger partial charge in [0.25, 0.3) is 0 Å². The Bertz CT molecular complexity index is 2660. The van der Waals surface area contributed by atoms with Gasteiger partial charge in [-0.1, -0.05) is 200 Å². The number of benzene rings is 8. The second kappa shape index (κ2) is 13.7. The minimum atomic E-state index is -0.474. The maximum absolute atomic E-state index is 5.10. The Kier molecular flexibility index (Phi) is 8.08. The fourth-order valence-corrected chi connectivity index (χ4v) is 8.47. The molecule has 258 valence electrons. The zero-order valence-electron chi connectivity index (χ0n) is 30.2. The summed E-state index contributed by atoms with van der Waals surface area (Å²) in [5.74, 6) is 0.702. The van der Waals surface area contributed by atoms with E-state index in [1.807, 2.05) is 12.1 Å². The minimum Gasteiger partial charge on any atom is -0.228 e. The van der Waals surface area contributed by atoms with Crippen LogP contribution in [0.4, 0.5) is 0 Å². The molecule has 1 aliphatic carbocycles. The molecule has 0 saturated carbocycles. The first-order valence-electron chi connectivity index (χ1n) is 18.8.